The maximum absolute atomic E-state index is 8.48. The molecule has 0 rings (SSSR count). The predicted molar refractivity (Wildman–Crippen MR) is 24.5 cm³/mol. The van der Waals surface area contributed by atoms with E-state index < -0.39 is 13.1 Å². The Morgan fingerprint density at radius 2 is 2.29 bits per heavy atom. The van der Waals surface area contributed by atoms with Gasteiger partial charge in [-0.25, -0.2) is 0 Å². The van der Waals surface area contributed by atoms with Crippen LogP contribution in [0.3, 0.4) is 0 Å². The molecule has 2 N–H and O–H groups in total. The van der Waals surface area contributed by atoms with Crippen molar-refractivity contribution in [1.82, 2.24) is 0 Å². The van der Waals surface area contributed by atoms with Gasteiger partial charge < -0.3 is 14.9 Å². The minimum Gasteiger partial charge on any atom is -0.371 e. The van der Waals surface area contributed by atoms with Gasteiger partial charge in [-0.2, -0.15) is 0 Å². The first kappa shape index (κ1) is 6.88. The van der Waals surface area contributed by atoms with Gasteiger partial charge in [0.25, 0.3) is 0 Å². The van der Waals surface area contributed by atoms with Gasteiger partial charge in [-0.3, -0.25) is 0 Å². The maximum atomic E-state index is 8.48. The molecule has 3 heteroatoms. The minimum atomic E-state index is -0.801. The molecule has 0 aliphatic carbocycles. The highest BCUT2D eigenvalue weighted by atomic mass is 16.7. The molecule has 0 aliphatic heterocycles. The highest BCUT2D eigenvalue weighted by Gasteiger charge is 1.94. The molecule has 3 nitrogen and oxygen atoms in total. The Labute approximate surface area is 42.5 Å². The Balaban J connectivity index is 2.83. The van der Waals surface area contributed by atoms with Crippen molar-refractivity contribution in [3.8, 4) is 0 Å². The van der Waals surface area contributed by atoms with Crippen LogP contribution in [0, 0.1) is 0 Å². The van der Waals surface area contributed by atoms with E-state index in [1.165, 1.54) is 0 Å². The summed E-state index contributed by atoms with van der Waals surface area (Å²) < 4.78 is 4.30. The van der Waals surface area contributed by atoms with E-state index in [-0.39, 0.29) is 0 Å². The van der Waals surface area contributed by atoms with Gasteiger partial charge in [-0.1, -0.05) is 6.92 Å². The van der Waals surface area contributed by atoms with Gasteiger partial charge in [0.2, 0.25) is 0 Å². The van der Waals surface area contributed by atoms with Crippen molar-refractivity contribution in [2.75, 3.05) is 6.79 Å². The van der Waals surface area contributed by atoms with Gasteiger partial charge in [-0.15, -0.1) is 0 Å². The van der Waals surface area contributed by atoms with Crippen LogP contribution in [0.25, 0.3) is 0 Å². The first-order valence-corrected chi connectivity index (χ1v) is 2.21. The average molecular weight is 106 g/mol. The number of ether oxygens (including phenoxy) is 1. The van der Waals surface area contributed by atoms with Crippen molar-refractivity contribution in [2.24, 2.45) is 0 Å². The molecule has 0 fully saturated rings. The SMILES string of the molecule is CCC(O)OCO. The van der Waals surface area contributed by atoms with Crippen molar-refractivity contribution in [2.45, 2.75) is 19.6 Å². The lowest BCUT2D eigenvalue weighted by Crippen LogP contribution is -2.10. The first-order valence-electron chi connectivity index (χ1n) is 2.21. The van der Waals surface area contributed by atoms with E-state index in [4.69, 9.17) is 10.2 Å². The molecule has 1 atom stereocenters. The van der Waals surface area contributed by atoms with Gasteiger partial charge in [0.05, 0.1) is 0 Å². The summed E-state index contributed by atoms with van der Waals surface area (Å²) in [6.07, 6.45) is -0.286. The molecule has 0 aliphatic rings. The molecule has 0 heterocycles. The minimum absolute atomic E-state index is 0.408. The summed E-state index contributed by atoms with van der Waals surface area (Å²) in [6, 6.07) is 0. The Bertz CT molecular complexity index is 37.9. The molecule has 7 heavy (non-hydrogen) atoms. The third-order valence-corrected chi connectivity index (χ3v) is 0.616. The normalized spacial score (nSPS) is 14.1. The van der Waals surface area contributed by atoms with Gasteiger partial charge >= 0.3 is 0 Å². The lowest BCUT2D eigenvalue weighted by Gasteiger charge is -2.03. The van der Waals surface area contributed by atoms with Crippen LogP contribution in [0.4, 0.5) is 0 Å². The summed E-state index contributed by atoms with van der Waals surface area (Å²) >= 11 is 0. The molecule has 44 valence electrons. The molecule has 0 bridgehead atoms. The van der Waals surface area contributed by atoms with Crippen molar-refractivity contribution in [3.05, 3.63) is 0 Å². The van der Waals surface area contributed by atoms with Crippen molar-refractivity contribution >= 4 is 0 Å². The number of rotatable bonds is 3. The topological polar surface area (TPSA) is 49.7 Å². The van der Waals surface area contributed by atoms with E-state index in [1.807, 2.05) is 0 Å². The number of hydrogen-bond donors (Lipinski definition) is 2. The van der Waals surface area contributed by atoms with Crippen LogP contribution in [0.15, 0.2) is 0 Å². The zero-order valence-corrected chi connectivity index (χ0v) is 4.29. The van der Waals surface area contributed by atoms with Crippen LogP contribution >= 0.6 is 0 Å². The van der Waals surface area contributed by atoms with Crippen LogP contribution in [0.2, 0.25) is 0 Å². The fourth-order valence-corrected chi connectivity index (χ4v) is 0.204. The van der Waals surface area contributed by atoms with Crippen LogP contribution in [-0.4, -0.2) is 23.3 Å². The molecule has 0 aromatic carbocycles. The summed E-state index contributed by atoms with van der Waals surface area (Å²) in [6.45, 7) is 1.36. The second-order valence-electron chi connectivity index (χ2n) is 1.16. The third-order valence-electron chi connectivity index (χ3n) is 0.616. The van der Waals surface area contributed by atoms with Gasteiger partial charge in [-0.05, 0) is 6.42 Å². The lowest BCUT2D eigenvalue weighted by atomic mass is 10.5. The second-order valence-corrected chi connectivity index (χ2v) is 1.16. The van der Waals surface area contributed by atoms with E-state index in [2.05, 4.69) is 4.74 Å². The van der Waals surface area contributed by atoms with Crippen molar-refractivity contribution < 1.29 is 14.9 Å². The van der Waals surface area contributed by atoms with Gasteiger partial charge in [0, 0.05) is 0 Å². The van der Waals surface area contributed by atoms with E-state index in [9.17, 15) is 0 Å². The van der Waals surface area contributed by atoms with Crippen LogP contribution < -0.4 is 0 Å². The summed E-state index contributed by atoms with van der Waals surface area (Å²) in [7, 11) is 0. The monoisotopic (exact) mass is 106 g/mol. The fraction of sp³-hybridized carbons (Fsp3) is 1.00. The van der Waals surface area contributed by atoms with Crippen LogP contribution in [-0.2, 0) is 4.74 Å². The Hall–Kier alpha value is -0.120. The standard InChI is InChI=1S/C4H10O3/c1-2-4(6)7-3-5/h4-6H,2-3H2,1H3. The average Bonchev–Trinajstić information content (AvgIpc) is 1.68. The summed E-state index contributed by atoms with van der Waals surface area (Å²) in [4.78, 5) is 0. The summed E-state index contributed by atoms with van der Waals surface area (Å²) in [5.41, 5.74) is 0. The molecular weight excluding hydrogens is 96.0 g/mol. The number of aliphatic hydroxyl groups is 2. The van der Waals surface area contributed by atoms with E-state index >= 15 is 0 Å². The smallest absolute Gasteiger partial charge is 0.157 e. The number of aliphatic hydroxyl groups excluding tert-OH is 2. The molecule has 0 aromatic heterocycles. The van der Waals surface area contributed by atoms with Crippen LogP contribution in [0.1, 0.15) is 13.3 Å². The fourth-order valence-electron chi connectivity index (χ4n) is 0.204. The molecule has 0 aromatic rings. The van der Waals surface area contributed by atoms with Crippen molar-refractivity contribution in [3.63, 3.8) is 0 Å². The zero-order chi connectivity index (χ0) is 5.70. The molecular formula is C4H10O3. The van der Waals surface area contributed by atoms with E-state index in [1.54, 1.807) is 6.92 Å². The predicted octanol–water partition coefficient (Wildman–Crippen LogP) is -0.319. The van der Waals surface area contributed by atoms with E-state index in [0.717, 1.165) is 0 Å². The quantitative estimate of drug-likeness (QED) is 0.485. The highest BCUT2D eigenvalue weighted by Crippen LogP contribution is 1.88. The number of hydrogen-bond acceptors (Lipinski definition) is 3. The third kappa shape index (κ3) is 3.72. The zero-order valence-electron chi connectivity index (χ0n) is 4.29. The second kappa shape index (κ2) is 4.05. The Kier molecular flexibility index (Phi) is 3.98. The summed E-state index contributed by atoms with van der Waals surface area (Å²) in [5, 5.41) is 16.5. The molecule has 0 amide bonds. The molecule has 0 spiro atoms. The maximum Gasteiger partial charge on any atom is 0.157 e. The largest absolute Gasteiger partial charge is 0.371 e. The molecule has 0 saturated carbocycles. The van der Waals surface area contributed by atoms with E-state index in [0.29, 0.717) is 6.42 Å². The lowest BCUT2D eigenvalue weighted by molar-refractivity contribution is -0.151. The Morgan fingerprint density at radius 3 is 2.43 bits per heavy atom. The first-order chi connectivity index (χ1) is 3.31. The van der Waals surface area contributed by atoms with Crippen molar-refractivity contribution in [1.29, 1.82) is 0 Å². The summed E-state index contributed by atoms with van der Waals surface area (Å²) in [5.74, 6) is 0. The highest BCUT2D eigenvalue weighted by molar-refractivity contribution is 4.27. The Morgan fingerprint density at radius 1 is 1.71 bits per heavy atom. The molecule has 1 unspecified atom stereocenters. The molecule has 0 saturated heterocycles. The molecule has 0 radical (unpaired) electrons. The van der Waals surface area contributed by atoms with Gasteiger partial charge in [0.1, 0.15) is 6.79 Å². The van der Waals surface area contributed by atoms with Crippen LogP contribution in [0.5, 0.6) is 0 Å². The van der Waals surface area contributed by atoms with Gasteiger partial charge in [0.15, 0.2) is 6.29 Å².